The van der Waals surface area contributed by atoms with Gasteiger partial charge in [-0.3, -0.25) is 9.69 Å². The van der Waals surface area contributed by atoms with Crippen molar-refractivity contribution in [2.24, 2.45) is 0 Å². The molecule has 2 heterocycles. The normalized spacial score (nSPS) is 17.5. The third kappa shape index (κ3) is 4.62. The van der Waals surface area contributed by atoms with Crippen LogP contribution in [0.15, 0.2) is 42.5 Å². The average molecular weight is 408 g/mol. The highest BCUT2D eigenvalue weighted by Gasteiger charge is 2.25. The molecule has 160 valence electrons. The number of likely N-dealkylation sites (tertiary alicyclic amines) is 1. The average Bonchev–Trinajstić information content (AvgIpc) is 3.15. The SMILES string of the molecule is CCOc1ccc(C(=O)NC[C@@H](c2ccc3c(c2)CCN3C)N2CCCCC2)cc1. The maximum atomic E-state index is 12.8. The summed E-state index contributed by atoms with van der Waals surface area (Å²) in [6.45, 7) is 6.49. The predicted molar refractivity (Wildman–Crippen MR) is 122 cm³/mol. The lowest BCUT2D eigenvalue weighted by Crippen LogP contribution is -2.40. The van der Waals surface area contributed by atoms with E-state index in [1.807, 2.05) is 31.2 Å². The number of piperidine rings is 1. The summed E-state index contributed by atoms with van der Waals surface area (Å²) in [4.78, 5) is 17.7. The van der Waals surface area contributed by atoms with E-state index in [0.29, 0.717) is 18.7 Å². The Morgan fingerprint density at radius 3 is 2.57 bits per heavy atom. The Labute approximate surface area is 180 Å². The highest BCUT2D eigenvalue weighted by Crippen LogP contribution is 2.32. The van der Waals surface area contributed by atoms with E-state index in [2.05, 4.69) is 40.4 Å². The molecular weight excluding hydrogens is 374 g/mol. The van der Waals surface area contributed by atoms with E-state index in [4.69, 9.17) is 4.74 Å². The van der Waals surface area contributed by atoms with Crippen LogP contribution in [-0.4, -0.2) is 50.6 Å². The number of anilines is 1. The second-order valence-corrected chi connectivity index (χ2v) is 8.34. The maximum Gasteiger partial charge on any atom is 0.251 e. The Kier molecular flexibility index (Phi) is 6.58. The van der Waals surface area contributed by atoms with E-state index >= 15 is 0 Å². The van der Waals surface area contributed by atoms with Crippen LogP contribution in [0.4, 0.5) is 5.69 Å². The summed E-state index contributed by atoms with van der Waals surface area (Å²) in [6, 6.07) is 14.5. The fourth-order valence-corrected chi connectivity index (χ4v) is 4.64. The minimum absolute atomic E-state index is 0.0269. The lowest BCUT2D eigenvalue weighted by Gasteiger charge is -2.35. The third-order valence-electron chi connectivity index (χ3n) is 6.33. The van der Waals surface area contributed by atoms with Crippen LogP contribution in [-0.2, 0) is 6.42 Å². The molecule has 0 bridgehead atoms. The number of nitrogens with one attached hydrogen (secondary N) is 1. The molecule has 1 fully saturated rings. The molecule has 2 aromatic rings. The first-order valence-electron chi connectivity index (χ1n) is 11.2. The molecule has 1 saturated heterocycles. The van der Waals surface area contributed by atoms with Gasteiger partial charge in [0.25, 0.3) is 5.91 Å². The van der Waals surface area contributed by atoms with Gasteiger partial charge in [-0.05, 0) is 80.7 Å². The number of fused-ring (bicyclic) bond motifs is 1. The number of ether oxygens (including phenoxy) is 1. The smallest absolute Gasteiger partial charge is 0.251 e. The van der Waals surface area contributed by atoms with Crippen molar-refractivity contribution in [1.82, 2.24) is 10.2 Å². The zero-order valence-electron chi connectivity index (χ0n) is 18.2. The fourth-order valence-electron chi connectivity index (χ4n) is 4.64. The molecule has 0 spiro atoms. The minimum Gasteiger partial charge on any atom is -0.494 e. The van der Waals surface area contributed by atoms with Crippen molar-refractivity contribution in [1.29, 1.82) is 0 Å². The Balaban J connectivity index is 1.48. The third-order valence-corrected chi connectivity index (χ3v) is 6.33. The second kappa shape index (κ2) is 9.52. The summed E-state index contributed by atoms with van der Waals surface area (Å²) in [7, 11) is 2.16. The number of likely N-dealkylation sites (N-methyl/N-ethyl adjacent to an activating group) is 1. The Morgan fingerprint density at radius 2 is 1.83 bits per heavy atom. The van der Waals surface area contributed by atoms with E-state index in [9.17, 15) is 4.79 Å². The Hall–Kier alpha value is -2.53. The van der Waals surface area contributed by atoms with Crippen molar-refractivity contribution in [2.45, 2.75) is 38.6 Å². The summed E-state index contributed by atoms with van der Waals surface area (Å²) in [6.07, 6.45) is 4.87. The van der Waals surface area contributed by atoms with Crippen LogP contribution in [0.2, 0.25) is 0 Å². The molecule has 5 nitrogen and oxygen atoms in total. The van der Waals surface area contributed by atoms with Gasteiger partial charge in [0.05, 0.1) is 12.6 Å². The van der Waals surface area contributed by atoms with Crippen LogP contribution in [0.25, 0.3) is 0 Å². The Morgan fingerprint density at radius 1 is 1.07 bits per heavy atom. The van der Waals surface area contributed by atoms with Gasteiger partial charge in [-0.2, -0.15) is 0 Å². The summed E-state index contributed by atoms with van der Waals surface area (Å²) in [5.74, 6) is 0.768. The molecule has 1 atom stereocenters. The molecule has 0 saturated carbocycles. The van der Waals surface area contributed by atoms with E-state index in [1.165, 1.54) is 36.1 Å². The van der Waals surface area contributed by atoms with Gasteiger partial charge in [-0.25, -0.2) is 0 Å². The van der Waals surface area contributed by atoms with Gasteiger partial charge in [-0.15, -0.1) is 0 Å². The topological polar surface area (TPSA) is 44.8 Å². The van der Waals surface area contributed by atoms with Crippen LogP contribution >= 0.6 is 0 Å². The summed E-state index contributed by atoms with van der Waals surface area (Å²) >= 11 is 0. The van der Waals surface area contributed by atoms with Crippen molar-refractivity contribution in [2.75, 3.05) is 44.7 Å². The van der Waals surface area contributed by atoms with Gasteiger partial charge in [0.1, 0.15) is 5.75 Å². The van der Waals surface area contributed by atoms with Crippen molar-refractivity contribution in [3.63, 3.8) is 0 Å². The van der Waals surface area contributed by atoms with Gasteiger partial charge < -0.3 is 15.0 Å². The van der Waals surface area contributed by atoms with Gasteiger partial charge in [0, 0.05) is 31.4 Å². The number of nitrogens with zero attached hydrogens (tertiary/aromatic N) is 2. The lowest BCUT2D eigenvalue weighted by atomic mass is 9.98. The molecule has 0 unspecified atom stereocenters. The molecule has 2 aliphatic heterocycles. The first kappa shape index (κ1) is 20.7. The summed E-state index contributed by atoms with van der Waals surface area (Å²) in [5, 5.41) is 3.19. The molecule has 0 aliphatic carbocycles. The van der Waals surface area contributed by atoms with Gasteiger partial charge in [0.2, 0.25) is 0 Å². The number of carbonyl (C=O) groups excluding carboxylic acids is 1. The van der Waals surface area contributed by atoms with E-state index in [1.54, 1.807) is 0 Å². The molecular formula is C25H33N3O2. The highest BCUT2D eigenvalue weighted by atomic mass is 16.5. The first-order chi connectivity index (χ1) is 14.7. The number of amides is 1. The zero-order chi connectivity index (χ0) is 20.9. The molecule has 2 aromatic carbocycles. The summed E-state index contributed by atoms with van der Waals surface area (Å²) < 4.78 is 5.48. The van der Waals surface area contributed by atoms with E-state index in [-0.39, 0.29) is 11.9 Å². The fraction of sp³-hybridized carbons (Fsp3) is 0.480. The maximum absolute atomic E-state index is 12.8. The zero-order valence-corrected chi connectivity index (χ0v) is 18.2. The monoisotopic (exact) mass is 407 g/mol. The predicted octanol–water partition coefficient (Wildman–Crippen LogP) is 4.03. The Bertz CT molecular complexity index is 859. The minimum atomic E-state index is -0.0269. The number of hydrogen-bond donors (Lipinski definition) is 1. The van der Waals surface area contributed by atoms with Crippen LogP contribution in [0.3, 0.4) is 0 Å². The molecule has 4 rings (SSSR count). The van der Waals surface area contributed by atoms with Crippen LogP contribution in [0.5, 0.6) is 5.75 Å². The largest absolute Gasteiger partial charge is 0.494 e. The van der Waals surface area contributed by atoms with Crippen molar-refractivity contribution < 1.29 is 9.53 Å². The first-order valence-corrected chi connectivity index (χ1v) is 11.2. The summed E-state index contributed by atoms with van der Waals surface area (Å²) in [5.41, 5.74) is 4.76. The lowest BCUT2D eigenvalue weighted by molar-refractivity contribution is 0.0924. The number of benzene rings is 2. The molecule has 1 N–H and O–H groups in total. The highest BCUT2D eigenvalue weighted by molar-refractivity contribution is 5.94. The van der Waals surface area contributed by atoms with E-state index in [0.717, 1.165) is 31.8 Å². The van der Waals surface area contributed by atoms with E-state index < -0.39 is 0 Å². The molecule has 0 radical (unpaired) electrons. The van der Waals surface area contributed by atoms with Gasteiger partial charge in [0.15, 0.2) is 0 Å². The van der Waals surface area contributed by atoms with Crippen LogP contribution in [0, 0.1) is 0 Å². The van der Waals surface area contributed by atoms with Crippen LogP contribution in [0.1, 0.15) is 53.7 Å². The molecule has 1 amide bonds. The number of hydrogen-bond acceptors (Lipinski definition) is 4. The molecule has 2 aliphatic rings. The molecule has 0 aromatic heterocycles. The van der Waals surface area contributed by atoms with Gasteiger partial charge in [-0.1, -0.05) is 18.6 Å². The van der Waals surface area contributed by atoms with Crippen molar-refractivity contribution in [3.05, 3.63) is 59.2 Å². The number of carbonyl (C=O) groups is 1. The molecule has 5 heteroatoms. The number of rotatable bonds is 7. The molecule has 30 heavy (non-hydrogen) atoms. The second-order valence-electron chi connectivity index (χ2n) is 8.34. The quantitative estimate of drug-likeness (QED) is 0.753. The van der Waals surface area contributed by atoms with Crippen molar-refractivity contribution in [3.8, 4) is 5.75 Å². The van der Waals surface area contributed by atoms with Gasteiger partial charge >= 0.3 is 0 Å². The standard InChI is InChI=1S/C25H33N3O2/c1-3-30-22-10-7-19(8-11-22)25(29)26-18-24(28-14-5-4-6-15-28)20-9-12-23-21(17-20)13-16-27(23)2/h7-12,17,24H,3-6,13-16,18H2,1-2H3,(H,26,29)/t24-/m0/s1. The van der Waals surface area contributed by atoms with Crippen LogP contribution < -0.4 is 15.0 Å². The van der Waals surface area contributed by atoms with Crippen molar-refractivity contribution >= 4 is 11.6 Å².